The molecule has 0 spiro atoms. The molecule has 2 aromatic carbocycles. The summed E-state index contributed by atoms with van der Waals surface area (Å²) in [6.45, 7) is 2.24. The molecule has 5 nitrogen and oxygen atoms in total. The van der Waals surface area contributed by atoms with Crippen molar-refractivity contribution in [3.8, 4) is 0 Å². The molecule has 1 aliphatic heterocycles. The first-order valence-corrected chi connectivity index (χ1v) is 8.30. The zero-order valence-electron chi connectivity index (χ0n) is 14.3. The molecule has 3 rings (SSSR count). The smallest absolute Gasteiger partial charge is 0.315 e. The van der Waals surface area contributed by atoms with E-state index in [1.807, 2.05) is 0 Å². The molecule has 1 fully saturated rings. The molecule has 1 unspecified atom stereocenters. The van der Waals surface area contributed by atoms with Gasteiger partial charge in [0.05, 0.1) is 0 Å². The quantitative estimate of drug-likeness (QED) is 0.882. The minimum absolute atomic E-state index is 0.158. The fourth-order valence-electron chi connectivity index (χ4n) is 2.91. The third kappa shape index (κ3) is 3.99. The highest BCUT2D eigenvalue weighted by Gasteiger charge is 2.33. The number of amides is 3. The SMILES string of the molecule is Cc1cc(N2CCC(NC(=O)NCc3cccc(F)c3)C2=O)ccc1F. The van der Waals surface area contributed by atoms with E-state index >= 15 is 0 Å². The Hall–Kier alpha value is -2.96. The zero-order chi connectivity index (χ0) is 18.7. The van der Waals surface area contributed by atoms with Gasteiger partial charge in [-0.25, -0.2) is 13.6 Å². The number of hydrogen-bond acceptors (Lipinski definition) is 2. The predicted octanol–water partition coefficient (Wildman–Crippen LogP) is 2.88. The Morgan fingerprint density at radius 2 is 2.04 bits per heavy atom. The number of hydrogen-bond donors (Lipinski definition) is 2. The summed E-state index contributed by atoms with van der Waals surface area (Å²) in [7, 11) is 0. The van der Waals surface area contributed by atoms with Crippen molar-refractivity contribution in [1.29, 1.82) is 0 Å². The summed E-state index contributed by atoms with van der Waals surface area (Å²) in [4.78, 5) is 26.0. The van der Waals surface area contributed by atoms with Crippen molar-refractivity contribution >= 4 is 17.6 Å². The van der Waals surface area contributed by atoms with Crippen molar-refractivity contribution in [1.82, 2.24) is 10.6 Å². The van der Waals surface area contributed by atoms with Gasteiger partial charge in [-0.3, -0.25) is 4.79 Å². The molecule has 2 aromatic rings. The molecule has 1 aliphatic rings. The molecule has 0 radical (unpaired) electrons. The highest BCUT2D eigenvalue weighted by atomic mass is 19.1. The fraction of sp³-hybridized carbons (Fsp3) is 0.263. The van der Waals surface area contributed by atoms with Crippen LogP contribution in [0.15, 0.2) is 42.5 Å². The lowest BCUT2D eigenvalue weighted by atomic mass is 10.2. The number of carbonyl (C=O) groups excluding carboxylic acids is 2. The Morgan fingerprint density at radius 3 is 2.77 bits per heavy atom. The molecule has 0 aromatic heterocycles. The van der Waals surface area contributed by atoms with Gasteiger partial charge >= 0.3 is 6.03 Å². The van der Waals surface area contributed by atoms with E-state index in [-0.39, 0.29) is 24.1 Å². The van der Waals surface area contributed by atoms with Crippen molar-refractivity contribution in [2.45, 2.75) is 25.9 Å². The predicted molar refractivity (Wildman–Crippen MR) is 93.7 cm³/mol. The number of halogens is 2. The fourth-order valence-corrected chi connectivity index (χ4v) is 2.91. The first kappa shape index (κ1) is 17.8. The Bertz CT molecular complexity index is 841. The molecule has 136 valence electrons. The largest absolute Gasteiger partial charge is 0.334 e. The van der Waals surface area contributed by atoms with Crippen molar-refractivity contribution in [3.05, 3.63) is 65.2 Å². The summed E-state index contributed by atoms with van der Waals surface area (Å²) < 4.78 is 26.5. The van der Waals surface area contributed by atoms with Crippen LogP contribution in [0, 0.1) is 18.6 Å². The Labute approximate surface area is 150 Å². The van der Waals surface area contributed by atoms with E-state index in [1.54, 1.807) is 31.2 Å². The van der Waals surface area contributed by atoms with Gasteiger partial charge in [-0.2, -0.15) is 0 Å². The summed E-state index contributed by atoms with van der Waals surface area (Å²) >= 11 is 0. The van der Waals surface area contributed by atoms with E-state index in [0.717, 1.165) is 0 Å². The van der Waals surface area contributed by atoms with Gasteiger partial charge in [0, 0.05) is 18.8 Å². The average molecular weight is 359 g/mol. The van der Waals surface area contributed by atoms with Gasteiger partial charge in [-0.15, -0.1) is 0 Å². The van der Waals surface area contributed by atoms with E-state index in [1.165, 1.54) is 23.1 Å². The molecule has 2 N–H and O–H groups in total. The summed E-state index contributed by atoms with van der Waals surface area (Å²) in [6, 6.07) is 9.26. The van der Waals surface area contributed by atoms with Crippen molar-refractivity contribution < 1.29 is 18.4 Å². The molecule has 1 atom stereocenters. The lowest BCUT2D eigenvalue weighted by Crippen LogP contribution is -2.46. The summed E-state index contributed by atoms with van der Waals surface area (Å²) in [5.41, 5.74) is 1.69. The second-order valence-electron chi connectivity index (χ2n) is 6.22. The molecule has 0 bridgehead atoms. The van der Waals surface area contributed by atoms with Crippen LogP contribution in [0.5, 0.6) is 0 Å². The van der Waals surface area contributed by atoms with Crippen molar-refractivity contribution in [2.75, 3.05) is 11.4 Å². The maximum absolute atomic E-state index is 13.4. The molecule has 3 amide bonds. The van der Waals surface area contributed by atoms with Gasteiger partial charge in [0.25, 0.3) is 0 Å². The van der Waals surface area contributed by atoms with Crippen LogP contribution < -0.4 is 15.5 Å². The minimum Gasteiger partial charge on any atom is -0.334 e. The molecule has 1 saturated heterocycles. The van der Waals surface area contributed by atoms with E-state index in [2.05, 4.69) is 10.6 Å². The Kier molecular flexibility index (Phi) is 5.16. The Balaban J connectivity index is 1.56. The molecular weight excluding hydrogens is 340 g/mol. The van der Waals surface area contributed by atoms with Crippen LogP contribution in [0.1, 0.15) is 17.5 Å². The third-order valence-electron chi connectivity index (χ3n) is 4.31. The van der Waals surface area contributed by atoms with Crippen LogP contribution in [0.4, 0.5) is 19.3 Å². The highest BCUT2D eigenvalue weighted by molar-refractivity contribution is 6.01. The summed E-state index contributed by atoms with van der Waals surface area (Å²) in [5.74, 6) is -0.940. The van der Waals surface area contributed by atoms with Gasteiger partial charge in [0.1, 0.15) is 17.7 Å². The normalized spacial score (nSPS) is 16.7. The summed E-state index contributed by atoms with van der Waals surface area (Å²) in [6.07, 6.45) is 0.461. The van der Waals surface area contributed by atoms with E-state index in [0.29, 0.717) is 29.8 Å². The van der Waals surface area contributed by atoms with Gasteiger partial charge in [-0.05, 0) is 54.8 Å². The first-order valence-electron chi connectivity index (χ1n) is 8.30. The first-order chi connectivity index (χ1) is 12.4. The molecule has 0 aliphatic carbocycles. The number of urea groups is 1. The molecule has 1 heterocycles. The van der Waals surface area contributed by atoms with Gasteiger partial charge in [0.15, 0.2) is 0 Å². The topological polar surface area (TPSA) is 61.4 Å². The third-order valence-corrected chi connectivity index (χ3v) is 4.31. The molecular formula is C19H19F2N3O2. The van der Waals surface area contributed by atoms with E-state index in [4.69, 9.17) is 0 Å². The standard InChI is InChI=1S/C19H19F2N3O2/c1-12-9-15(5-6-16(12)21)24-8-7-17(18(24)25)23-19(26)22-11-13-3-2-4-14(20)10-13/h2-6,9-10,17H,7-8,11H2,1H3,(H2,22,23,26). The second kappa shape index (κ2) is 7.51. The number of nitrogens with one attached hydrogen (secondary N) is 2. The Morgan fingerprint density at radius 1 is 1.23 bits per heavy atom. The van der Waals surface area contributed by atoms with Crippen LogP contribution in [0.2, 0.25) is 0 Å². The molecule has 0 saturated carbocycles. The minimum atomic E-state index is -0.645. The van der Waals surface area contributed by atoms with Crippen LogP contribution in [0.25, 0.3) is 0 Å². The number of rotatable bonds is 4. The lowest BCUT2D eigenvalue weighted by molar-refractivity contribution is -0.118. The zero-order valence-corrected chi connectivity index (χ0v) is 14.3. The monoisotopic (exact) mass is 359 g/mol. The lowest BCUT2D eigenvalue weighted by Gasteiger charge is -2.18. The van der Waals surface area contributed by atoms with Gasteiger partial charge < -0.3 is 15.5 Å². The molecule has 7 heteroatoms. The van der Waals surface area contributed by atoms with Crippen LogP contribution >= 0.6 is 0 Å². The average Bonchev–Trinajstić information content (AvgIpc) is 2.96. The number of carbonyl (C=O) groups is 2. The number of anilines is 1. The van der Waals surface area contributed by atoms with Crippen LogP contribution in [0.3, 0.4) is 0 Å². The maximum Gasteiger partial charge on any atom is 0.315 e. The maximum atomic E-state index is 13.4. The van der Waals surface area contributed by atoms with Gasteiger partial charge in [0.2, 0.25) is 5.91 Å². The van der Waals surface area contributed by atoms with Crippen molar-refractivity contribution in [2.24, 2.45) is 0 Å². The van der Waals surface area contributed by atoms with Gasteiger partial charge in [-0.1, -0.05) is 12.1 Å². The van der Waals surface area contributed by atoms with Crippen LogP contribution in [-0.2, 0) is 11.3 Å². The summed E-state index contributed by atoms with van der Waals surface area (Å²) in [5, 5.41) is 5.24. The van der Waals surface area contributed by atoms with E-state index in [9.17, 15) is 18.4 Å². The number of benzene rings is 2. The molecule has 26 heavy (non-hydrogen) atoms. The van der Waals surface area contributed by atoms with Crippen LogP contribution in [-0.4, -0.2) is 24.5 Å². The number of aryl methyl sites for hydroxylation is 1. The number of nitrogens with zero attached hydrogens (tertiary/aromatic N) is 1. The van der Waals surface area contributed by atoms with Crippen molar-refractivity contribution in [3.63, 3.8) is 0 Å². The second-order valence-corrected chi connectivity index (χ2v) is 6.22. The highest BCUT2D eigenvalue weighted by Crippen LogP contribution is 2.23. The van der Waals surface area contributed by atoms with E-state index < -0.39 is 12.1 Å².